The van der Waals surface area contributed by atoms with Crippen LogP contribution in [0.15, 0.2) is 28.7 Å². The normalized spacial score (nSPS) is 18.0. The number of nitrogens with zero attached hydrogens (tertiary/aromatic N) is 1. The number of carbonyl (C=O) groups is 1. The molecule has 1 aromatic rings. The van der Waals surface area contributed by atoms with Crippen molar-refractivity contribution in [3.05, 3.63) is 28.7 Å². The fourth-order valence-corrected chi connectivity index (χ4v) is 3.19. The zero-order chi connectivity index (χ0) is 16.2. The van der Waals surface area contributed by atoms with Crippen molar-refractivity contribution in [2.75, 3.05) is 13.2 Å². The lowest BCUT2D eigenvalue weighted by Gasteiger charge is -2.38. The number of halogens is 1. The van der Waals surface area contributed by atoms with Crippen LogP contribution in [-0.2, 0) is 0 Å². The van der Waals surface area contributed by atoms with E-state index in [0.717, 1.165) is 35.9 Å². The van der Waals surface area contributed by atoms with Crippen molar-refractivity contribution in [3.8, 4) is 5.75 Å². The summed E-state index contributed by atoms with van der Waals surface area (Å²) in [6.45, 7) is 5.31. The van der Waals surface area contributed by atoms with Crippen LogP contribution in [0.25, 0.3) is 0 Å². The van der Waals surface area contributed by atoms with Gasteiger partial charge in [0.25, 0.3) is 0 Å². The van der Waals surface area contributed by atoms with Crippen LogP contribution >= 0.6 is 15.9 Å². The van der Waals surface area contributed by atoms with Crippen molar-refractivity contribution in [1.82, 2.24) is 4.90 Å². The van der Waals surface area contributed by atoms with Gasteiger partial charge in [0, 0.05) is 10.5 Å². The van der Waals surface area contributed by atoms with Gasteiger partial charge in [-0.05, 0) is 55.4 Å². The number of amides is 1. The second-order valence-electron chi connectivity index (χ2n) is 6.67. The van der Waals surface area contributed by atoms with E-state index in [-0.39, 0.29) is 6.04 Å². The van der Waals surface area contributed by atoms with Gasteiger partial charge in [0.2, 0.25) is 0 Å². The molecule has 122 valence electrons. The number of hydrogen-bond donors (Lipinski definition) is 1. The van der Waals surface area contributed by atoms with Gasteiger partial charge in [-0.3, -0.25) is 0 Å². The minimum absolute atomic E-state index is 0.124. The fraction of sp³-hybridized carbons (Fsp3) is 0.588. The van der Waals surface area contributed by atoms with E-state index in [0.29, 0.717) is 18.6 Å². The average Bonchev–Trinajstić information content (AvgIpc) is 2.46. The molecule has 1 fully saturated rings. The van der Waals surface area contributed by atoms with Crippen LogP contribution in [0.1, 0.15) is 39.5 Å². The highest BCUT2D eigenvalue weighted by atomic mass is 79.9. The Morgan fingerprint density at radius 1 is 1.32 bits per heavy atom. The number of benzene rings is 1. The molecular weight excluding hydrogens is 346 g/mol. The largest absolute Gasteiger partial charge is 0.492 e. The van der Waals surface area contributed by atoms with E-state index in [1.165, 1.54) is 0 Å². The summed E-state index contributed by atoms with van der Waals surface area (Å²) >= 11 is 3.38. The van der Waals surface area contributed by atoms with Gasteiger partial charge in [-0.2, -0.15) is 0 Å². The summed E-state index contributed by atoms with van der Waals surface area (Å²) in [5.41, 5.74) is 0.342. The minimum Gasteiger partial charge on any atom is -0.492 e. The third-order valence-electron chi connectivity index (χ3n) is 4.41. The monoisotopic (exact) mass is 369 g/mol. The van der Waals surface area contributed by atoms with E-state index in [1.54, 1.807) is 4.90 Å². The maximum absolute atomic E-state index is 11.5. The molecule has 2 rings (SSSR count). The summed E-state index contributed by atoms with van der Waals surface area (Å²) in [5.74, 6) is 0.762. The summed E-state index contributed by atoms with van der Waals surface area (Å²) in [5, 5.41) is 9.45. The molecule has 0 aromatic heterocycles. The van der Waals surface area contributed by atoms with Gasteiger partial charge in [-0.25, -0.2) is 4.79 Å². The van der Waals surface area contributed by atoms with E-state index in [1.807, 2.05) is 24.3 Å². The predicted molar refractivity (Wildman–Crippen MR) is 90.4 cm³/mol. The molecule has 5 heteroatoms. The fourth-order valence-electron chi connectivity index (χ4n) is 2.92. The van der Waals surface area contributed by atoms with Crippen molar-refractivity contribution < 1.29 is 14.6 Å². The van der Waals surface area contributed by atoms with Crippen molar-refractivity contribution in [3.63, 3.8) is 0 Å². The van der Waals surface area contributed by atoms with Crippen molar-refractivity contribution >= 4 is 22.0 Å². The van der Waals surface area contributed by atoms with Gasteiger partial charge in [0.05, 0.1) is 6.54 Å². The molecule has 1 amide bonds. The molecule has 4 nitrogen and oxygen atoms in total. The second-order valence-corrected chi connectivity index (χ2v) is 7.59. The molecule has 1 N–H and O–H groups in total. The quantitative estimate of drug-likeness (QED) is 0.812. The Balaban J connectivity index is 1.84. The second kappa shape index (κ2) is 7.36. The molecule has 1 aliphatic carbocycles. The first-order valence-corrected chi connectivity index (χ1v) is 8.55. The summed E-state index contributed by atoms with van der Waals surface area (Å²) in [7, 11) is 0. The summed E-state index contributed by atoms with van der Waals surface area (Å²) in [6.07, 6.45) is 3.20. The molecule has 22 heavy (non-hydrogen) atoms. The van der Waals surface area contributed by atoms with Crippen molar-refractivity contribution in [2.24, 2.45) is 5.41 Å². The Labute approximate surface area is 140 Å². The first kappa shape index (κ1) is 17.1. The molecule has 0 unspecified atom stereocenters. The number of hydrogen-bond acceptors (Lipinski definition) is 2. The van der Waals surface area contributed by atoms with Crippen LogP contribution in [0.4, 0.5) is 4.79 Å². The predicted octanol–water partition coefficient (Wildman–Crippen LogP) is 4.78. The number of ether oxygens (including phenoxy) is 1. The van der Waals surface area contributed by atoms with Crippen LogP contribution in [-0.4, -0.2) is 35.3 Å². The van der Waals surface area contributed by atoms with Gasteiger partial charge >= 0.3 is 6.09 Å². The standard InChI is InChI=1S/C17H24BrNO3/c1-17(2)9-7-14(8-10-17)19(16(20)21)11-12-22-15-5-3-13(18)4-6-15/h3-6,14H,7-12H2,1-2H3,(H,20,21). The highest BCUT2D eigenvalue weighted by Gasteiger charge is 2.32. The smallest absolute Gasteiger partial charge is 0.407 e. The molecule has 0 saturated heterocycles. The molecule has 0 bridgehead atoms. The van der Waals surface area contributed by atoms with E-state index in [2.05, 4.69) is 29.8 Å². The maximum atomic E-state index is 11.5. The lowest BCUT2D eigenvalue weighted by atomic mass is 9.75. The minimum atomic E-state index is -0.843. The Kier molecular flexibility index (Phi) is 5.73. The number of carboxylic acid groups (broad SMARTS) is 1. The van der Waals surface area contributed by atoms with Crippen LogP contribution in [0, 0.1) is 5.41 Å². The SMILES string of the molecule is CC1(C)CCC(N(CCOc2ccc(Br)cc2)C(=O)O)CC1. The van der Waals surface area contributed by atoms with Gasteiger partial charge in [0.1, 0.15) is 12.4 Å². The lowest BCUT2D eigenvalue weighted by Crippen LogP contribution is -2.44. The topological polar surface area (TPSA) is 49.8 Å². The molecule has 1 aliphatic rings. The highest BCUT2D eigenvalue weighted by molar-refractivity contribution is 9.10. The third-order valence-corrected chi connectivity index (χ3v) is 4.94. The molecular formula is C17H24BrNO3. The Morgan fingerprint density at radius 3 is 2.45 bits per heavy atom. The lowest BCUT2D eigenvalue weighted by molar-refractivity contribution is 0.0804. The zero-order valence-corrected chi connectivity index (χ0v) is 14.8. The van der Waals surface area contributed by atoms with Crippen molar-refractivity contribution in [1.29, 1.82) is 0 Å². The third kappa shape index (κ3) is 4.90. The zero-order valence-electron chi connectivity index (χ0n) is 13.2. The summed E-state index contributed by atoms with van der Waals surface area (Å²) < 4.78 is 6.64. The van der Waals surface area contributed by atoms with Gasteiger partial charge in [0.15, 0.2) is 0 Å². The van der Waals surface area contributed by atoms with Crippen LogP contribution in [0.2, 0.25) is 0 Å². The Hall–Kier alpha value is -1.23. The first-order chi connectivity index (χ1) is 10.4. The van der Waals surface area contributed by atoms with E-state index in [9.17, 15) is 9.90 Å². The van der Waals surface area contributed by atoms with Crippen LogP contribution in [0.5, 0.6) is 5.75 Å². The maximum Gasteiger partial charge on any atom is 0.407 e. The molecule has 0 heterocycles. The first-order valence-electron chi connectivity index (χ1n) is 7.75. The number of rotatable bonds is 5. The van der Waals surface area contributed by atoms with Crippen LogP contribution in [0.3, 0.4) is 0 Å². The van der Waals surface area contributed by atoms with E-state index >= 15 is 0 Å². The van der Waals surface area contributed by atoms with E-state index in [4.69, 9.17) is 4.74 Å². The molecule has 0 radical (unpaired) electrons. The highest BCUT2D eigenvalue weighted by Crippen LogP contribution is 2.36. The molecule has 1 saturated carbocycles. The van der Waals surface area contributed by atoms with Gasteiger partial charge < -0.3 is 14.7 Å². The summed E-state index contributed by atoms with van der Waals surface area (Å²) in [4.78, 5) is 13.1. The van der Waals surface area contributed by atoms with Crippen LogP contribution < -0.4 is 4.74 Å². The molecule has 0 atom stereocenters. The molecule has 0 spiro atoms. The summed E-state index contributed by atoms with van der Waals surface area (Å²) in [6, 6.07) is 7.69. The molecule has 1 aromatic carbocycles. The van der Waals surface area contributed by atoms with Gasteiger partial charge in [-0.1, -0.05) is 29.8 Å². The van der Waals surface area contributed by atoms with Crippen molar-refractivity contribution in [2.45, 2.75) is 45.6 Å². The van der Waals surface area contributed by atoms with Gasteiger partial charge in [-0.15, -0.1) is 0 Å². The molecule has 0 aliphatic heterocycles. The Morgan fingerprint density at radius 2 is 1.91 bits per heavy atom. The van der Waals surface area contributed by atoms with E-state index < -0.39 is 6.09 Å². The Bertz CT molecular complexity index is 491. The average molecular weight is 370 g/mol.